The highest BCUT2D eigenvalue weighted by atomic mass is 16.5. The molecule has 34 heavy (non-hydrogen) atoms. The topological polar surface area (TPSA) is 90.5 Å². The third-order valence-corrected chi connectivity index (χ3v) is 7.20. The summed E-state index contributed by atoms with van der Waals surface area (Å²) in [6.07, 6.45) is 7.72. The lowest BCUT2D eigenvalue weighted by molar-refractivity contribution is 0.0850. The Morgan fingerprint density at radius 1 is 1.18 bits per heavy atom. The summed E-state index contributed by atoms with van der Waals surface area (Å²) in [4.78, 5) is 22.9. The number of hydrogen-bond acceptors (Lipinski definition) is 5. The molecule has 3 N–H and O–H groups in total. The number of benzene rings is 1. The molecule has 2 aliphatic rings. The van der Waals surface area contributed by atoms with E-state index < -0.39 is 6.10 Å². The standard InChI is InChI=1S/C27H34N4O3/c1-31(2)16-20-12-18(6-7-21(20)17-8-10-34-11-9-17)19-13-22-23(15-29-26(22)28-14-19)27(33)30-24-4-3-5-25(24)32/h6-7,12-15,17,24-25,32H,3-5,8-11,16H2,1-2H3,(H,28,29)(H,30,33)/t24-,25+/m1/s1. The van der Waals surface area contributed by atoms with Crippen molar-refractivity contribution in [3.05, 3.63) is 53.3 Å². The molecule has 7 nitrogen and oxygen atoms in total. The highest BCUT2D eigenvalue weighted by Crippen LogP contribution is 2.33. The molecule has 2 fully saturated rings. The van der Waals surface area contributed by atoms with Crippen LogP contribution in [0.3, 0.4) is 0 Å². The number of fused-ring (bicyclic) bond motifs is 1. The van der Waals surface area contributed by atoms with E-state index in [1.54, 1.807) is 6.20 Å². The van der Waals surface area contributed by atoms with Crippen molar-refractivity contribution in [2.45, 2.75) is 56.7 Å². The number of hydrogen-bond donors (Lipinski definition) is 3. The number of nitrogens with zero attached hydrogens (tertiary/aromatic N) is 2. The fraction of sp³-hybridized carbons (Fsp3) is 0.481. The Kier molecular flexibility index (Phi) is 6.68. The maximum absolute atomic E-state index is 13.0. The highest BCUT2D eigenvalue weighted by molar-refractivity contribution is 6.06. The maximum atomic E-state index is 13.0. The highest BCUT2D eigenvalue weighted by Gasteiger charge is 2.28. The predicted octanol–water partition coefficient (Wildman–Crippen LogP) is 3.83. The minimum absolute atomic E-state index is 0.167. The molecule has 0 radical (unpaired) electrons. The molecule has 0 bridgehead atoms. The molecule has 3 heterocycles. The van der Waals surface area contributed by atoms with Gasteiger partial charge in [-0.3, -0.25) is 4.79 Å². The quantitative estimate of drug-likeness (QED) is 0.518. The number of aromatic amines is 1. The molecule has 1 aliphatic carbocycles. The van der Waals surface area contributed by atoms with Crippen molar-refractivity contribution in [1.82, 2.24) is 20.2 Å². The molecule has 1 aromatic carbocycles. The van der Waals surface area contributed by atoms with E-state index in [-0.39, 0.29) is 11.9 Å². The van der Waals surface area contributed by atoms with Gasteiger partial charge in [0, 0.05) is 43.1 Å². The molecule has 3 aromatic rings. The van der Waals surface area contributed by atoms with Crippen LogP contribution in [0.2, 0.25) is 0 Å². The summed E-state index contributed by atoms with van der Waals surface area (Å²) >= 11 is 0. The van der Waals surface area contributed by atoms with E-state index in [4.69, 9.17) is 4.74 Å². The zero-order valence-corrected chi connectivity index (χ0v) is 20.0. The van der Waals surface area contributed by atoms with E-state index in [0.29, 0.717) is 17.1 Å². The summed E-state index contributed by atoms with van der Waals surface area (Å²) in [6.45, 7) is 2.52. The number of nitrogens with one attached hydrogen (secondary N) is 2. The van der Waals surface area contributed by atoms with Crippen LogP contribution in [0.1, 0.15) is 59.5 Å². The summed E-state index contributed by atoms with van der Waals surface area (Å²) in [5.74, 6) is 0.364. The number of rotatable bonds is 6. The number of carbonyl (C=O) groups excluding carboxylic acids is 1. The van der Waals surface area contributed by atoms with Gasteiger partial charge in [-0.15, -0.1) is 0 Å². The van der Waals surface area contributed by atoms with Crippen LogP contribution in [0.15, 0.2) is 36.7 Å². The molecule has 1 saturated carbocycles. The predicted molar refractivity (Wildman–Crippen MR) is 133 cm³/mol. The van der Waals surface area contributed by atoms with Gasteiger partial charge in [-0.2, -0.15) is 0 Å². The number of H-pyrrole nitrogens is 1. The van der Waals surface area contributed by atoms with Crippen LogP contribution < -0.4 is 5.32 Å². The fourth-order valence-electron chi connectivity index (χ4n) is 5.37. The molecule has 2 atom stereocenters. The van der Waals surface area contributed by atoms with Crippen molar-refractivity contribution in [2.75, 3.05) is 27.3 Å². The number of aliphatic hydroxyl groups is 1. The van der Waals surface area contributed by atoms with E-state index in [0.717, 1.165) is 68.4 Å². The van der Waals surface area contributed by atoms with E-state index in [1.807, 2.05) is 12.3 Å². The van der Waals surface area contributed by atoms with Crippen molar-refractivity contribution in [3.63, 3.8) is 0 Å². The molecule has 180 valence electrons. The van der Waals surface area contributed by atoms with Crippen LogP contribution in [0.25, 0.3) is 22.2 Å². The van der Waals surface area contributed by atoms with Gasteiger partial charge in [0.15, 0.2) is 0 Å². The van der Waals surface area contributed by atoms with Crippen LogP contribution in [-0.2, 0) is 11.3 Å². The minimum Gasteiger partial charge on any atom is -0.391 e. The third-order valence-electron chi connectivity index (χ3n) is 7.20. The van der Waals surface area contributed by atoms with Gasteiger partial charge >= 0.3 is 0 Å². The Labute approximate surface area is 200 Å². The maximum Gasteiger partial charge on any atom is 0.253 e. The number of ether oxygens (including phenoxy) is 1. The van der Waals surface area contributed by atoms with Crippen molar-refractivity contribution in [1.29, 1.82) is 0 Å². The first-order valence-corrected chi connectivity index (χ1v) is 12.3. The van der Waals surface area contributed by atoms with Crippen LogP contribution in [0.5, 0.6) is 0 Å². The van der Waals surface area contributed by atoms with Crippen molar-refractivity contribution in [3.8, 4) is 11.1 Å². The van der Waals surface area contributed by atoms with Crippen LogP contribution >= 0.6 is 0 Å². The zero-order chi connectivity index (χ0) is 23.7. The van der Waals surface area contributed by atoms with Crippen molar-refractivity contribution in [2.24, 2.45) is 0 Å². The first-order valence-electron chi connectivity index (χ1n) is 12.3. The lowest BCUT2D eigenvalue weighted by Crippen LogP contribution is -2.39. The Bertz CT molecular complexity index is 1170. The number of pyridine rings is 1. The number of aliphatic hydroxyl groups excluding tert-OH is 1. The van der Waals surface area contributed by atoms with Gasteiger partial charge in [0.05, 0.1) is 17.7 Å². The molecule has 1 aliphatic heterocycles. The molecule has 0 spiro atoms. The summed E-state index contributed by atoms with van der Waals surface area (Å²) < 4.78 is 5.58. The first kappa shape index (κ1) is 23.0. The Balaban J connectivity index is 1.46. The number of aromatic nitrogens is 2. The fourth-order valence-corrected chi connectivity index (χ4v) is 5.37. The second kappa shape index (κ2) is 9.86. The van der Waals surface area contributed by atoms with Crippen molar-refractivity contribution >= 4 is 16.9 Å². The SMILES string of the molecule is CN(C)Cc1cc(-c2cnc3[nH]cc(C(=O)N[C@@H]4CCC[C@@H]4O)c3c2)ccc1C1CCOCC1. The van der Waals surface area contributed by atoms with Crippen LogP contribution in [0, 0.1) is 0 Å². The van der Waals surface area contributed by atoms with E-state index in [9.17, 15) is 9.90 Å². The van der Waals surface area contributed by atoms with Crippen LogP contribution in [-0.4, -0.2) is 65.3 Å². The first-order chi connectivity index (χ1) is 16.5. The molecule has 5 rings (SSSR count). The molecule has 1 amide bonds. The molecular formula is C27H34N4O3. The number of carbonyl (C=O) groups is 1. The Morgan fingerprint density at radius 3 is 2.74 bits per heavy atom. The van der Waals surface area contributed by atoms with Gasteiger partial charge in [-0.25, -0.2) is 4.98 Å². The average Bonchev–Trinajstić information content (AvgIpc) is 3.44. The second-order valence-electron chi connectivity index (χ2n) is 9.94. The minimum atomic E-state index is -0.466. The summed E-state index contributed by atoms with van der Waals surface area (Å²) in [5, 5.41) is 13.9. The smallest absolute Gasteiger partial charge is 0.253 e. The Hall–Kier alpha value is -2.74. The summed E-state index contributed by atoms with van der Waals surface area (Å²) in [6, 6.07) is 8.57. The monoisotopic (exact) mass is 462 g/mol. The number of amides is 1. The van der Waals surface area contributed by atoms with Gasteiger partial charge in [-0.1, -0.05) is 12.1 Å². The van der Waals surface area contributed by atoms with Crippen LogP contribution in [0.4, 0.5) is 0 Å². The average molecular weight is 463 g/mol. The van der Waals surface area contributed by atoms with E-state index >= 15 is 0 Å². The van der Waals surface area contributed by atoms with Crippen molar-refractivity contribution < 1.29 is 14.6 Å². The van der Waals surface area contributed by atoms with Gasteiger partial charge in [0.2, 0.25) is 0 Å². The molecule has 1 saturated heterocycles. The molecule has 0 unspecified atom stereocenters. The molecule has 2 aromatic heterocycles. The van der Waals surface area contributed by atoms with Gasteiger partial charge in [-0.05, 0) is 80.9 Å². The normalized spacial score (nSPS) is 21.4. The second-order valence-corrected chi connectivity index (χ2v) is 9.94. The largest absolute Gasteiger partial charge is 0.391 e. The molecule has 7 heteroatoms. The van der Waals surface area contributed by atoms with Gasteiger partial charge in [0.1, 0.15) is 5.65 Å². The van der Waals surface area contributed by atoms with Gasteiger partial charge < -0.3 is 25.0 Å². The zero-order valence-electron chi connectivity index (χ0n) is 20.0. The van der Waals surface area contributed by atoms with Gasteiger partial charge in [0.25, 0.3) is 5.91 Å². The summed E-state index contributed by atoms with van der Waals surface area (Å²) in [7, 11) is 4.19. The van der Waals surface area contributed by atoms with E-state index in [2.05, 4.69) is 52.5 Å². The summed E-state index contributed by atoms with van der Waals surface area (Å²) in [5.41, 5.74) is 6.08. The lowest BCUT2D eigenvalue weighted by atomic mass is 9.86. The Morgan fingerprint density at radius 2 is 2.00 bits per heavy atom. The molecular weight excluding hydrogens is 428 g/mol. The lowest BCUT2D eigenvalue weighted by Gasteiger charge is -2.26. The third kappa shape index (κ3) is 4.73. The van der Waals surface area contributed by atoms with E-state index in [1.165, 1.54) is 11.1 Å².